The molecule has 0 aliphatic carbocycles. The van der Waals surface area contributed by atoms with Gasteiger partial charge in [0.2, 0.25) is 15.9 Å². The number of sulfonamides is 1. The van der Waals surface area contributed by atoms with Crippen LogP contribution in [0.4, 0.5) is 0 Å². The van der Waals surface area contributed by atoms with Crippen LogP contribution in [0, 0.1) is 5.92 Å². The molecule has 0 radical (unpaired) electrons. The lowest BCUT2D eigenvalue weighted by Crippen LogP contribution is -2.35. The van der Waals surface area contributed by atoms with Crippen molar-refractivity contribution in [3.63, 3.8) is 0 Å². The Morgan fingerprint density at radius 3 is 2.81 bits per heavy atom. The molecule has 0 saturated carbocycles. The van der Waals surface area contributed by atoms with E-state index in [4.69, 9.17) is 14.6 Å². The molecule has 0 aromatic heterocycles. The van der Waals surface area contributed by atoms with Crippen molar-refractivity contribution in [2.75, 3.05) is 19.8 Å². The van der Waals surface area contributed by atoms with Crippen LogP contribution in [-0.2, 0) is 19.6 Å². The maximum atomic E-state index is 12.1. The number of fused-ring (bicyclic) bond motifs is 1. The molecule has 1 saturated heterocycles. The van der Waals surface area contributed by atoms with Gasteiger partial charge in [0.25, 0.3) is 0 Å². The highest BCUT2D eigenvalue weighted by molar-refractivity contribution is 7.89. The Balaban J connectivity index is 1.80. The van der Waals surface area contributed by atoms with E-state index in [-0.39, 0.29) is 29.4 Å². The minimum Gasteiger partial charge on any atom is -0.491 e. The van der Waals surface area contributed by atoms with Gasteiger partial charge in [0, 0.05) is 12.2 Å². The van der Waals surface area contributed by atoms with Crippen LogP contribution >= 0.6 is 0 Å². The molecule has 3 rings (SSSR count). The molecule has 1 aromatic rings. The number of hydrogen-bond donors (Lipinski definition) is 2. The third kappa shape index (κ3) is 2.87. The van der Waals surface area contributed by atoms with Crippen molar-refractivity contribution < 1.29 is 22.7 Å². The summed E-state index contributed by atoms with van der Waals surface area (Å²) < 4.78 is 33.5. The molecule has 1 amide bonds. The van der Waals surface area contributed by atoms with Crippen molar-refractivity contribution in [1.29, 1.82) is 0 Å². The summed E-state index contributed by atoms with van der Waals surface area (Å²) in [7, 11) is -3.78. The fourth-order valence-corrected chi connectivity index (χ4v) is 3.07. The van der Waals surface area contributed by atoms with Crippen molar-refractivity contribution in [2.24, 2.45) is 11.1 Å². The summed E-state index contributed by atoms with van der Waals surface area (Å²) >= 11 is 0. The number of nitrogens with two attached hydrogens (primary N) is 1. The number of amides is 1. The highest BCUT2D eigenvalue weighted by Crippen LogP contribution is 2.34. The van der Waals surface area contributed by atoms with E-state index in [1.54, 1.807) is 6.07 Å². The predicted molar refractivity (Wildman–Crippen MR) is 73.1 cm³/mol. The second-order valence-corrected chi connectivity index (χ2v) is 6.74. The average Bonchev–Trinajstić information content (AvgIpc) is 3.07. The highest BCUT2D eigenvalue weighted by atomic mass is 32.2. The Hall–Kier alpha value is -1.64. The van der Waals surface area contributed by atoms with Gasteiger partial charge in [-0.2, -0.15) is 0 Å². The molecule has 3 N–H and O–H groups in total. The summed E-state index contributed by atoms with van der Waals surface area (Å²) in [5.74, 6) is 0.306. The number of carbonyl (C=O) groups is 1. The third-order valence-electron chi connectivity index (χ3n) is 3.71. The molecule has 21 heavy (non-hydrogen) atoms. The van der Waals surface area contributed by atoms with Crippen LogP contribution in [0.1, 0.15) is 18.0 Å². The summed E-state index contributed by atoms with van der Waals surface area (Å²) in [4.78, 5) is 12.1. The molecule has 2 unspecified atom stereocenters. The molecular formula is C13H16N2O5S. The van der Waals surface area contributed by atoms with Crippen LogP contribution in [0.3, 0.4) is 0 Å². The monoisotopic (exact) mass is 312 g/mol. The molecule has 114 valence electrons. The van der Waals surface area contributed by atoms with Gasteiger partial charge in [0.1, 0.15) is 12.4 Å². The zero-order valence-corrected chi connectivity index (χ0v) is 12.1. The standard InChI is InChI=1S/C13H16N2O5S/c14-21(17,18)9-1-2-12-10(5-9)11(7-20-12)15-13(16)8-3-4-19-6-8/h1-2,5,8,11H,3-4,6-7H2,(H,15,16)(H2,14,17,18). The molecule has 0 bridgehead atoms. The van der Waals surface area contributed by atoms with Crippen LogP contribution in [0.5, 0.6) is 5.75 Å². The van der Waals surface area contributed by atoms with Gasteiger partial charge in [-0.1, -0.05) is 0 Å². The summed E-state index contributed by atoms with van der Waals surface area (Å²) in [6.45, 7) is 1.29. The summed E-state index contributed by atoms with van der Waals surface area (Å²) in [6.07, 6.45) is 0.698. The highest BCUT2D eigenvalue weighted by Gasteiger charge is 2.31. The van der Waals surface area contributed by atoms with E-state index in [2.05, 4.69) is 5.32 Å². The molecule has 2 aliphatic heterocycles. The van der Waals surface area contributed by atoms with Crippen molar-refractivity contribution in [1.82, 2.24) is 5.32 Å². The van der Waals surface area contributed by atoms with E-state index in [9.17, 15) is 13.2 Å². The maximum Gasteiger partial charge on any atom is 0.238 e. The minimum absolute atomic E-state index is 0.00944. The van der Waals surface area contributed by atoms with Gasteiger partial charge in [-0.3, -0.25) is 4.79 Å². The van der Waals surface area contributed by atoms with E-state index in [1.165, 1.54) is 12.1 Å². The molecular weight excluding hydrogens is 296 g/mol. The number of primary sulfonamides is 1. The van der Waals surface area contributed by atoms with Crippen LogP contribution in [0.15, 0.2) is 23.1 Å². The molecule has 8 heteroatoms. The van der Waals surface area contributed by atoms with E-state index in [0.717, 1.165) is 0 Å². The van der Waals surface area contributed by atoms with Gasteiger partial charge < -0.3 is 14.8 Å². The maximum absolute atomic E-state index is 12.1. The Morgan fingerprint density at radius 2 is 2.14 bits per heavy atom. The van der Waals surface area contributed by atoms with Crippen LogP contribution < -0.4 is 15.2 Å². The molecule has 1 aromatic carbocycles. The number of nitrogens with one attached hydrogen (secondary N) is 1. The Morgan fingerprint density at radius 1 is 1.33 bits per heavy atom. The molecule has 2 atom stereocenters. The molecule has 2 aliphatic rings. The lowest BCUT2D eigenvalue weighted by Gasteiger charge is -2.15. The lowest BCUT2D eigenvalue weighted by molar-refractivity contribution is -0.125. The van der Waals surface area contributed by atoms with Gasteiger partial charge in [-0.15, -0.1) is 0 Å². The van der Waals surface area contributed by atoms with E-state index in [1.807, 2.05) is 0 Å². The number of ether oxygens (including phenoxy) is 2. The number of hydrogen-bond acceptors (Lipinski definition) is 5. The second-order valence-electron chi connectivity index (χ2n) is 5.18. The first-order chi connectivity index (χ1) is 9.95. The van der Waals surface area contributed by atoms with Crippen molar-refractivity contribution in [3.05, 3.63) is 23.8 Å². The Kier molecular flexibility index (Phi) is 3.60. The Labute approximate surface area is 122 Å². The van der Waals surface area contributed by atoms with E-state index >= 15 is 0 Å². The SMILES string of the molecule is NS(=O)(=O)c1ccc2c(c1)C(NC(=O)C1CCOC1)CO2. The van der Waals surface area contributed by atoms with E-state index in [0.29, 0.717) is 30.9 Å². The topological polar surface area (TPSA) is 108 Å². The first-order valence-electron chi connectivity index (χ1n) is 6.63. The molecule has 1 fully saturated rings. The summed E-state index contributed by atoms with van der Waals surface area (Å²) in [6, 6.07) is 4.03. The second kappa shape index (κ2) is 5.28. The Bertz CT molecular complexity index is 667. The third-order valence-corrected chi connectivity index (χ3v) is 4.62. The summed E-state index contributed by atoms with van der Waals surface area (Å²) in [5, 5.41) is 8.00. The van der Waals surface area contributed by atoms with E-state index < -0.39 is 10.0 Å². The zero-order valence-electron chi connectivity index (χ0n) is 11.2. The predicted octanol–water partition coefficient (Wildman–Crippen LogP) is -0.0798. The minimum atomic E-state index is -3.78. The number of rotatable bonds is 3. The van der Waals surface area contributed by atoms with Gasteiger partial charge >= 0.3 is 0 Å². The first-order valence-corrected chi connectivity index (χ1v) is 8.17. The largest absolute Gasteiger partial charge is 0.491 e. The van der Waals surface area contributed by atoms with Crippen LogP contribution in [0.25, 0.3) is 0 Å². The fraction of sp³-hybridized carbons (Fsp3) is 0.462. The lowest BCUT2D eigenvalue weighted by atomic mass is 10.1. The quantitative estimate of drug-likeness (QED) is 0.811. The van der Waals surface area contributed by atoms with Gasteiger partial charge in [0.05, 0.1) is 23.5 Å². The number of carbonyl (C=O) groups excluding carboxylic acids is 1. The van der Waals surface area contributed by atoms with Gasteiger partial charge in [0.15, 0.2) is 0 Å². The van der Waals surface area contributed by atoms with Crippen molar-refractivity contribution in [2.45, 2.75) is 17.4 Å². The van der Waals surface area contributed by atoms with Crippen LogP contribution in [0.2, 0.25) is 0 Å². The zero-order chi connectivity index (χ0) is 15.0. The van der Waals surface area contributed by atoms with Gasteiger partial charge in [-0.05, 0) is 24.6 Å². The van der Waals surface area contributed by atoms with Crippen LogP contribution in [-0.4, -0.2) is 34.1 Å². The normalized spacial score (nSPS) is 24.4. The molecule has 0 spiro atoms. The van der Waals surface area contributed by atoms with Gasteiger partial charge in [-0.25, -0.2) is 13.6 Å². The number of benzene rings is 1. The van der Waals surface area contributed by atoms with Crippen molar-refractivity contribution in [3.8, 4) is 5.75 Å². The smallest absolute Gasteiger partial charge is 0.238 e. The summed E-state index contributed by atoms with van der Waals surface area (Å²) in [5.41, 5.74) is 0.633. The average molecular weight is 312 g/mol. The molecule has 7 nitrogen and oxygen atoms in total. The first kappa shape index (κ1) is 14.3. The molecule has 2 heterocycles. The van der Waals surface area contributed by atoms with Crippen molar-refractivity contribution >= 4 is 15.9 Å². The fourth-order valence-electron chi connectivity index (χ4n) is 2.52.